The lowest BCUT2D eigenvalue weighted by molar-refractivity contribution is 0.356. The van der Waals surface area contributed by atoms with Gasteiger partial charge in [-0.2, -0.15) is 9.40 Å². The summed E-state index contributed by atoms with van der Waals surface area (Å²) < 4.78 is 26.9. The molecule has 0 spiro atoms. The molecule has 1 aromatic rings. The van der Waals surface area contributed by atoms with Gasteiger partial charge in [0.1, 0.15) is 4.90 Å². The van der Waals surface area contributed by atoms with Gasteiger partial charge < -0.3 is 10.6 Å². The summed E-state index contributed by atoms with van der Waals surface area (Å²) in [6.07, 6.45) is 0.787. The molecule has 7 nitrogen and oxygen atoms in total. The van der Waals surface area contributed by atoms with Gasteiger partial charge in [-0.05, 0) is 34.0 Å². The highest BCUT2D eigenvalue weighted by molar-refractivity contribution is 7.89. The zero-order valence-corrected chi connectivity index (χ0v) is 13.5. The van der Waals surface area contributed by atoms with E-state index in [1.54, 1.807) is 6.92 Å². The molecule has 0 aromatic carbocycles. The molecule has 3 N–H and O–H groups in total. The Labute approximate surface area is 121 Å². The van der Waals surface area contributed by atoms with E-state index >= 15 is 0 Å². The van der Waals surface area contributed by atoms with Crippen molar-refractivity contribution in [2.45, 2.75) is 31.7 Å². The number of nitrogens with two attached hydrogens (primary N) is 1. The van der Waals surface area contributed by atoms with Crippen LogP contribution in [-0.4, -0.2) is 61.5 Å². The average Bonchev–Trinajstić information content (AvgIpc) is 2.75. The van der Waals surface area contributed by atoms with Gasteiger partial charge in [-0.1, -0.05) is 6.92 Å². The second-order valence-corrected chi connectivity index (χ2v) is 6.86. The molecule has 0 aliphatic carbocycles. The number of hydrogen-bond acceptors (Lipinski definition) is 5. The molecule has 1 aromatic heterocycles. The average molecular weight is 303 g/mol. The number of aryl methyl sites for hydroxylation is 1. The Morgan fingerprint density at radius 1 is 1.30 bits per heavy atom. The van der Waals surface area contributed by atoms with Crippen LogP contribution in [0.25, 0.3) is 0 Å². The van der Waals surface area contributed by atoms with Gasteiger partial charge in [0.25, 0.3) is 0 Å². The highest BCUT2D eigenvalue weighted by Crippen LogP contribution is 2.22. The fourth-order valence-corrected chi connectivity index (χ4v) is 3.92. The maximum Gasteiger partial charge on any atom is 0.246 e. The molecule has 116 valence electrons. The molecule has 1 rings (SSSR count). The van der Waals surface area contributed by atoms with Gasteiger partial charge in [0.15, 0.2) is 0 Å². The maximum absolute atomic E-state index is 12.7. The first kappa shape index (κ1) is 17.1. The van der Waals surface area contributed by atoms with Crippen molar-refractivity contribution < 1.29 is 8.42 Å². The molecule has 0 unspecified atom stereocenters. The molecule has 20 heavy (non-hydrogen) atoms. The Kier molecular flexibility index (Phi) is 6.12. The summed E-state index contributed by atoms with van der Waals surface area (Å²) >= 11 is 0. The molecule has 0 saturated carbocycles. The van der Waals surface area contributed by atoms with Gasteiger partial charge >= 0.3 is 0 Å². The predicted molar refractivity (Wildman–Crippen MR) is 78.8 cm³/mol. The van der Waals surface area contributed by atoms with Gasteiger partial charge in [0, 0.05) is 19.6 Å². The summed E-state index contributed by atoms with van der Waals surface area (Å²) in [6, 6.07) is 0. The van der Waals surface area contributed by atoms with Gasteiger partial charge in [0.05, 0.1) is 11.4 Å². The lowest BCUT2D eigenvalue weighted by Crippen LogP contribution is -2.34. The van der Waals surface area contributed by atoms with E-state index in [2.05, 4.69) is 10.2 Å². The SMILES string of the molecule is CCN(CCCN(C)C)S(=O)(=O)c1c(CN)n[nH]c1C. The molecule has 0 fully saturated rings. The minimum atomic E-state index is -3.54. The van der Waals surface area contributed by atoms with Crippen LogP contribution in [0.1, 0.15) is 24.7 Å². The van der Waals surface area contributed by atoms with Crippen LogP contribution in [0.3, 0.4) is 0 Å². The first-order valence-corrected chi connectivity index (χ1v) is 8.17. The maximum atomic E-state index is 12.7. The Morgan fingerprint density at radius 3 is 2.45 bits per heavy atom. The highest BCUT2D eigenvalue weighted by Gasteiger charge is 2.29. The van der Waals surface area contributed by atoms with E-state index < -0.39 is 10.0 Å². The number of nitrogens with one attached hydrogen (secondary N) is 1. The summed E-state index contributed by atoms with van der Waals surface area (Å²) in [5.41, 5.74) is 6.51. The molecule has 0 bridgehead atoms. The zero-order valence-electron chi connectivity index (χ0n) is 12.7. The van der Waals surface area contributed by atoms with Crippen LogP contribution in [0.4, 0.5) is 0 Å². The molecule has 0 saturated heterocycles. The van der Waals surface area contributed by atoms with Crippen LogP contribution >= 0.6 is 0 Å². The molecular weight excluding hydrogens is 278 g/mol. The van der Waals surface area contributed by atoms with Crippen LogP contribution in [0.2, 0.25) is 0 Å². The molecule has 0 aliphatic rings. The summed E-state index contributed by atoms with van der Waals surface area (Å²) in [6.45, 7) is 5.42. The molecule has 0 aliphatic heterocycles. The third-order valence-electron chi connectivity index (χ3n) is 3.12. The molecule has 0 atom stereocenters. The first-order chi connectivity index (χ1) is 9.34. The third kappa shape index (κ3) is 3.78. The van der Waals surface area contributed by atoms with Crippen LogP contribution in [0, 0.1) is 6.92 Å². The number of aromatic nitrogens is 2. The number of nitrogens with zero attached hydrogens (tertiary/aromatic N) is 3. The molecule has 1 heterocycles. The van der Waals surface area contributed by atoms with E-state index in [4.69, 9.17) is 5.73 Å². The smallest absolute Gasteiger partial charge is 0.246 e. The van der Waals surface area contributed by atoms with Gasteiger partial charge in [-0.25, -0.2) is 8.42 Å². The van der Waals surface area contributed by atoms with Crippen LogP contribution in [0.5, 0.6) is 0 Å². The Hall–Kier alpha value is -0.960. The van der Waals surface area contributed by atoms with Crippen molar-refractivity contribution in [3.05, 3.63) is 11.4 Å². The fourth-order valence-electron chi connectivity index (χ4n) is 2.09. The predicted octanol–water partition coefficient (Wildman–Crippen LogP) is 0.139. The van der Waals surface area contributed by atoms with Crippen LogP contribution in [0.15, 0.2) is 4.90 Å². The number of hydrogen-bond donors (Lipinski definition) is 2. The normalized spacial score (nSPS) is 12.6. The summed E-state index contributed by atoms with van der Waals surface area (Å²) in [7, 11) is 0.401. The topological polar surface area (TPSA) is 95.3 Å². The van der Waals surface area contributed by atoms with Gasteiger partial charge in [-0.15, -0.1) is 0 Å². The van der Waals surface area contributed by atoms with Crippen molar-refractivity contribution in [2.24, 2.45) is 5.73 Å². The van der Waals surface area contributed by atoms with E-state index in [9.17, 15) is 8.42 Å². The Balaban J connectivity index is 2.97. The Bertz CT molecular complexity index is 524. The fraction of sp³-hybridized carbons (Fsp3) is 0.750. The quantitative estimate of drug-likeness (QED) is 0.712. The third-order valence-corrected chi connectivity index (χ3v) is 5.30. The molecule has 0 radical (unpaired) electrons. The van der Waals surface area contributed by atoms with Crippen LogP contribution < -0.4 is 5.73 Å². The minimum absolute atomic E-state index is 0.105. The van der Waals surface area contributed by atoms with E-state index in [0.717, 1.165) is 13.0 Å². The van der Waals surface area contributed by atoms with E-state index in [-0.39, 0.29) is 11.4 Å². The molecular formula is C12H25N5O2S. The van der Waals surface area contributed by atoms with Crippen molar-refractivity contribution in [1.82, 2.24) is 19.4 Å². The van der Waals surface area contributed by atoms with Crippen molar-refractivity contribution in [2.75, 3.05) is 33.7 Å². The van der Waals surface area contributed by atoms with E-state index in [0.29, 0.717) is 24.5 Å². The molecule has 8 heteroatoms. The summed E-state index contributed by atoms with van der Waals surface area (Å²) in [5, 5.41) is 6.67. The van der Waals surface area contributed by atoms with Crippen molar-refractivity contribution in [1.29, 1.82) is 0 Å². The molecule has 0 amide bonds. The number of rotatable bonds is 8. The van der Waals surface area contributed by atoms with Gasteiger partial charge in [-0.3, -0.25) is 5.10 Å². The minimum Gasteiger partial charge on any atom is -0.325 e. The standard InChI is InChI=1S/C12H25N5O2S/c1-5-17(8-6-7-16(3)4)20(18,19)12-10(2)14-15-11(12)9-13/h5-9,13H2,1-4H3,(H,14,15). The summed E-state index contributed by atoms with van der Waals surface area (Å²) in [4.78, 5) is 2.27. The van der Waals surface area contributed by atoms with Crippen LogP contribution in [-0.2, 0) is 16.6 Å². The Morgan fingerprint density at radius 2 is 1.95 bits per heavy atom. The first-order valence-electron chi connectivity index (χ1n) is 6.73. The number of H-pyrrole nitrogens is 1. The largest absolute Gasteiger partial charge is 0.325 e. The number of sulfonamides is 1. The second kappa shape index (κ2) is 7.16. The van der Waals surface area contributed by atoms with Crippen molar-refractivity contribution >= 4 is 10.0 Å². The zero-order chi connectivity index (χ0) is 15.3. The lowest BCUT2D eigenvalue weighted by atomic mass is 10.4. The van der Waals surface area contributed by atoms with Gasteiger partial charge in [0.2, 0.25) is 10.0 Å². The van der Waals surface area contributed by atoms with E-state index in [1.165, 1.54) is 4.31 Å². The highest BCUT2D eigenvalue weighted by atomic mass is 32.2. The number of aromatic amines is 1. The van der Waals surface area contributed by atoms with Crippen molar-refractivity contribution in [3.63, 3.8) is 0 Å². The monoisotopic (exact) mass is 303 g/mol. The second-order valence-electron chi connectivity index (χ2n) is 4.98. The summed E-state index contributed by atoms with van der Waals surface area (Å²) in [5.74, 6) is 0. The van der Waals surface area contributed by atoms with Crippen molar-refractivity contribution in [3.8, 4) is 0 Å². The van der Waals surface area contributed by atoms with E-state index in [1.807, 2.05) is 25.9 Å². The lowest BCUT2D eigenvalue weighted by Gasteiger charge is -2.21.